The zero-order valence-electron chi connectivity index (χ0n) is 46.2. The van der Waals surface area contributed by atoms with Crippen molar-refractivity contribution >= 4 is 29.5 Å². The van der Waals surface area contributed by atoms with Gasteiger partial charge in [0.1, 0.15) is 12.1 Å². The van der Waals surface area contributed by atoms with E-state index in [1.54, 1.807) is 0 Å². The van der Waals surface area contributed by atoms with Gasteiger partial charge in [0.15, 0.2) is 0 Å². The monoisotopic (exact) mass is 976 g/mol. The van der Waals surface area contributed by atoms with Gasteiger partial charge in [-0.1, -0.05) is 188 Å². The van der Waals surface area contributed by atoms with Crippen molar-refractivity contribution in [1.82, 2.24) is 26.6 Å². The van der Waals surface area contributed by atoms with Gasteiger partial charge >= 0.3 is 0 Å². The number of hydrogen-bond donors (Lipinski definition) is 5. The van der Waals surface area contributed by atoms with Crippen molar-refractivity contribution in [3.8, 4) is 0 Å². The minimum absolute atomic E-state index is 0.0725. The van der Waals surface area contributed by atoms with Crippen LogP contribution in [0.1, 0.15) is 298 Å². The smallest absolute Gasteiger partial charge is 0.243 e. The average molecular weight is 977 g/mol. The second-order valence-corrected chi connectivity index (χ2v) is 21.3. The van der Waals surface area contributed by atoms with Gasteiger partial charge in [0.2, 0.25) is 29.5 Å². The van der Waals surface area contributed by atoms with Crippen LogP contribution in [0.3, 0.4) is 0 Å². The summed E-state index contributed by atoms with van der Waals surface area (Å²) in [5, 5.41) is 15.3. The molecular formula is C58H113N5O6. The molecule has 0 spiro atoms. The van der Waals surface area contributed by atoms with Crippen LogP contribution >= 0.6 is 0 Å². The largest absolute Gasteiger partial charge is 0.376 e. The minimum atomic E-state index is -0.778. The standard InChI is InChI=1S/C58H113N5O6/c1-7-10-13-16-19-22-25-28-33-44-53(64)59-47-39-36-42-51(56(67)61-49-38-31-32-41-50-69-58(4,5)6)63-57(68)52(62-55(66)46-35-30-27-24-21-18-15-12-9-3)43-37-40-48-60-54(65)45-34-29-26-23-20-17-14-11-8-2/h51-52H,7-50H2,1-6H3,(H,59,64)(H,60,65)(H,61,67)(H,62,66)(H,63,68). The van der Waals surface area contributed by atoms with Crippen LogP contribution in [0, 0.1) is 0 Å². The molecule has 5 amide bonds. The number of rotatable bonds is 51. The van der Waals surface area contributed by atoms with Crippen LogP contribution in [-0.4, -0.2) is 73.5 Å². The van der Waals surface area contributed by atoms with Crippen LogP contribution in [-0.2, 0) is 28.7 Å². The fourth-order valence-electron chi connectivity index (χ4n) is 8.74. The second-order valence-electron chi connectivity index (χ2n) is 21.3. The highest BCUT2D eigenvalue weighted by molar-refractivity contribution is 5.92. The third-order valence-corrected chi connectivity index (χ3v) is 13.2. The quantitative estimate of drug-likeness (QED) is 0.0382. The van der Waals surface area contributed by atoms with Gasteiger partial charge in [-0.25, -0.2) is 0 Å². The summed E-state index contributed by atoms with van der Waals surface area (Å²) < 4.78 is 5.85. The van der Waals surface area contributed by atoms with Crippen molar-refractivity contribution in [3.63, 3.8) is 0 Å². The van der Waals surface area contributed by atoms with E-state index in [2.05, 4.69) is 68.1 Å². The van der Waals surface area contributed by atoms with Crippen LogP contribution in [0.5, 0.6) is 0 Å². The molecule has 0 fully saturated rings. The predicted octanol–water partition coefficient (Wildman–Crippen LogP) is 13.8. The van der Waals surface area contributed by atoms with E-state index < -0.39 is 12.1 Å². The van der Waals surface area contributed by atoms with Crippen LogP contribution in [0.15, 0.2) is 0 Å². The topological polar surface area (TPSA) is 155 Å². The molecule has 0 heterocycles. The molecule has 5 N–H and O–H groups in total. The third kappa shape index (κ3) is 47.4. The third-order valence-electron chi connectivity index (χ3n) is 13.2. The van der Waals surface area contributed by atoms with Gasteiger partial charge in [-0.3, -0.25) is 24.0 Å². The molecule has 2 atom stereocenters. The molecule has 0 bridgehead atoms. The molecule has 0 aliphatic rings. The SMILES string of the molecule is CCCCCCCCCCCC(=O)NCCCCC(NC(=O)CCCCCCCCCCC)C(=O)NC(CCCCNC(=O)CCCCCCCCCCC)C(=O)NCCCCCCOC(C)(C)C. The highest BCUT2D eigenvalue weighted by Gasteiger charge is 2.26. The highest BCUT2D eigenvalue weighted by atomic mass is 16.5. The van der Waals surface area contributed by atoms with Crippen molar-refractivity contribution in [1.29, 1.82) is 0 Å². The first-order valence-corrected chi connectivity index (χ1v) is 29.5. The van der Waals surface area contributed by atoms with E-state index in [1.165, 1.54) is 128 Å². The van der Waals surface area contributed by atoms with Crippen LogP contribution in [0.2, 0.25) is 0 Å². The summed E-state index contributed by atoms with van der Waals surface area (Å²) in [5.74, 6) is -0.561. The Morgan fingerprint density at radius 2 is 0.667 bits per heavy atom. The maximum Gasteiger partial charge on any atom is 0.243 e. The van der Waals surface area contributed by atoms with Gasteiger partial charge in [-0.2, -0.15) is 0 Å². The molecule has 0 saturated carbocycles. The Labute approximate surface area is 425 Å². The van der Waals surface area contributed by atoms with Gasteiger partial charge in [0.25, 0.3) is 0 Å². The summed E-state index contributed by atoms with van der Waals surface area (Å²) in [5.41, 5.74) is -0.149. The summed E-state index contributed by atoms with van der Waals surface area (Å²) in [6.45, 7) is 15.2. The molecule has 0 aromatic carbocycles. The number of amides is 5. The Morgan fingerprint density at radius 3 is 1.07 bits per heavy atom. The molecule has 11 heteroatoms. The molecule has 0 rings (SSSR count). The number of nitrogens with one attached hydrogen (secondary N) is 5. The summed E-state index contributed by atoms with van der Waals surface area (Å²) in [6.07, 6.45) is 41.0. The summed E-state index contributed by atoms with van der Waals surface area (Å²) in [6, 6.07) is -1.54. The molecule has 0 aromatic rings. The van der Waals surface area contributed by atoms with Gasteiger partial charge < -0.3 is 31.3 Å². The first-order valence-electron chi connectivity index (χ1n) is 29.5. The molecule has 0 aliphatic carbocycles. The fourth-order valence-corrected chi connectivity index (χ4v) is 8.74. The molecule has 406 valence electrons. The Hall–Kier alpha value is -2.69. The van der Waals surface area contributed by atoms with E-state index in [-0.39, 0.29) is 35.1 Å². The van der Waals surface area contributed by atoms with Crippen LogP contribution < -0.4 is 26.6 Å². The number of carbonyl (C=O) groups is 5. The lowest BCUT2D eigenvalue weighted by Gasteiger charge is -2.23. The van der Waals surface area contributed by atoms with E-state index in [9.17, 15) is 24.0 Å². The molecular weight excluding hydrogens is 863 g/mol. The van der Waals surface area contributed by atoms with Crippen LogP contribution in [0.25, 0.3) is 0 Å². The average Bonchev–Trinajstić information content (AvgIpc) is 3.31. The fraction of sp³-hybridized carbons (Fsp3) is 0.914. The molecule has 0 aromatic heterocycles. The van der Waals surface area contributed by atoms with E-state index in [1.807, 2.05) is 0 Å². The number of unbranched alkanes of at least 4 members (excludes halogenated alkanes) is 29. The van der Waals surface area contributed by atoms with Crippen LogP contribution in [0.4, 0.5) is 0 Å². The summed E-state index contributed by atoms with van der Waals surface area (Å²) >= 11 is 0. The predicted molar refractivity (Wildman–Crippen MR) is 290 cm³/mol. The lowest BCUT2D eigenvalue weighted by atomic mass is 10.0. The summed E-state index contributed by atoms with van der Waals surface area (Å²) in [7, 11) is 0. The van der Waals surface area contributed by atoms with Gasteiger partial charge in [0, 0.05) is 45.5 Å². The minimum Gasteiger partial charge on any atom is -0.376 e. The Kier molecular flexibility index (Phi) is 47.0. The maximum atomic E-state index is 14.1. The van der Waals surface area contributed by atoms with Gasteiger partial charge in [-0.05, 0) is 91.4 Å². The molecule has 11 nitrogen and oxygen atoms in total. The van der Waals surface area contributed by atoms with Crippen molar-refractivity contribution in [2.45, 2.75) is 316 Å². The Morgan fingerprint density at radius 1 is 0.348 bits per heavy atom. The number of ether oxygens (including phenoxy) is 1. The zero-order valence-corrected chi connectivity index (χ0v) is 46.2. The van der Waals surface area contributed by atoms with E-state index in [0.717, 1.165) is 70.6 Å². The van der Waals surface area contributed by atoms with E-state index in [4.69, 9.17) is 4.74 Å². The zero-order chi connectivity index (χ0) is 50.9. The van der Waals surface area contributed by atoms with Crippen molar-refractivity contribution in [3.05, 3.63) is 0 Å². The molecule has 0 saturated heterocycles. The normalized spacial score (nSPS) is 12.4. The lowest BCUT2D eigenvalue weighted by molar-refractivity contribution is -0.132. The van der Waals surface area contributed by atoms with E-state index in [0.29, 0.717) is 84.0 Å². The lowest BCUT2D eigenvalue weighted by Crippen LogP contribution is -2.53. The Bertz CT molecular complexity index is 1230. The first-order chi connectivity index (χ1) is 33.4. The van der Waals surface area contributed by atoms with Crippen molar-refractivity contribution in [2.75, 3.05) is 26.2 Å². The second kappa shape index (κ2) is 48.9. The molecule has 69 heavy (non-hydrogen) atoms. The maximum absolute atomic E-state index is 14.1. The summed E-state index contributed by atoms with van der Waals surface area (Å²) in [4.78, 5) is 66.2. The van der Waals surface area contributed by atoms with Gasteiger partial charge in [-0.15, -0.1) is 0 Å². The highest BCUT2D eigenvalue weighted by Crippen LogP contribution is 2.15. The number of hydrogen-bond acceptors (Lipinski definition) is 6. The Balaban J connectivity index is 5.32. The van der Waals surface area contributed by atoms with E-state index >= 15 is 0 Å². The first kappa shape index (κ1) is 66.3. The van der Waals surface area contributed by atoms with Crippen molar-refractivity contribution < 1.29 is 28.7 Å². The van der Waals surface area contributed by atoms with Gasteiger partial charge in [0.05, 0.1) is 5.60 Å². The molecule has 2 unspecified atom stereocenters. The van der Waals surface area contributed by atoms with Crippen molar-refractivity contribution in [2.24, 2.45) is 0 Å². The molecule has 0 radical (unpaired) electrons. The molecule has 0 aliphatic heterocycles. The number of carbonyl (C=O) groups excluding carboxylic acids is 5.